The number of nitrogens with one attached hydrogen (secondary N) is 1. The summed E-state index contributed by atoms with van der Waals surface area (Å²) in [6.45, 7) is 8.36. The molecule has 0 bridgehead atoms. The first kappa shape index (κ1) is 14.4. The van der Waals surface area contributed by atoms with Gasteiger partial charge in [0, 0.05) is 6.04 Å². The number of hydrogen-bond acceptors (Lipinski definition) is 2. The van der Waals surface area contributed by atoms with Gasteiger partial charge in [-0.15, -0.1) is 0 Å². The number of rotatable bonds is 6. The molecule has 1 aliphatic carbocycles. The van der Waals surface area contributed by atoms with E-state index in [-0.39, 0.29) is 0 Å². The fourth-order valence-corrected chi connectivity index (χ4v) is 3.29. The van der Waals surface area contributed by atoms with Crippen molar-refractivity contribution < 1.29 is 4.74 Å². The van der Waals surface area contributed by atoms with Crippen LogP contribution in [-0.4, -0.2) is 13.2 Å². The fourth-order valence-electron chi connectivity index (χ4n) is 3.29. The van der Waals surface area contributed by atoms with E-state index >= 15 is 0 Å². The van der Waals surface area contributed by atoms with Crippen LogP contribution in [0, 0.1) is 11.8 Å². The van der Waals surface area contributed by atoms with Crippen molar-refractivity contribution in [2.75, 3.05) is 13.2 Å². The number of hydrogen-bond donors (Lipinski definition) is 1. The summed E-state index contributed by atoms with van der Waals surface area (Å²) in [5, 5.41) is 3.68. The minimum Gasteiger partial charge on any atom is -0.494 e. The van der Waals surface area contributed by atoms with Crippen molar-refractivity contribution in [3.8, 4) is 5.75 Å². The van der Waals surface area contributed by atoms with Crippen molar-refractivity contribution in [3.63, 3.8) is 0 Å². The lowest BCUT2D eigenvalue weighted by atomic mass is 9.90. The van der Waals surface area contributed by atoms with Crippen LogP contribution in [0.3, 0.4) is 0 Å². The monoisotopic (exact) mass is 261 g/mol. The van der Waals surface area contributed by atoms with Gasteiger partial charge in [0.05, 0.1) is 6.61 Å². The molecule has 0 saturated heterocycles. The molecule has 3 unspecified atom stereocenters. The Kier molecular flexibility index (Phi) is 5.26. The summed E-state index contributed by atoms with van der Waals surface area (Å²) < 4.78 is 5.63. The third-order valence-corrected chi connectivity index (χ3v) is 4.16. The molecule has 1 saturated carbocycles. The van der Waals surface area contributed by atoms with Gasteiger partial charge in [0.2, 0.25) is 0 Å². The van der Waals surface area contributed by atoms with Gasteiger partial charge in [0.25, 0.3) is 0 Å². The lowest BCUT2D eigenvalue weighted by Crippen LogP contribution is -2.27. The Morgan fingerprint density at radius 2 is 2.16 bits per heavy atom. The smallest absolute Gasteiger partial charge is 0.119 e. The van der Waals surface area contributed by atoms with E-state index in [4.69, 9.17) is 4.74 Å². The predicted molar refractivity (Wildman–Crippen MR) is 80.5 cm³/mol. The molecule has 2 rings (SSSR count). The molecule has 0 heterocycles. The topological polar surface area (TPSA) is 21.3 Å². The van der Waals surface area contributed by atoms with Crippen LogP contribution in [0.15, 0.2) is 24.3 Å². The fraction of sp³-hybridized carbons (Fsp3) is 0.647. The highest BCUT2D eigenvalue weighted by Crippen LogP contribution is 2.39. The second-order valence-corrected chi connectivity index (χ2v) is 5.72. The maximum atomic E-state index is 5.63. The van der Waals surface area contributed by atoms with Gasteiger partial charge in [-0.05, 0) is 55.8 Å². The highest BCUT2D eigenvalue weighted by atomic mass is 16.5. The van der Waals surface area contributed by atoms with E-state index in [2.05, 4.69) is 37.4 Å². The molecule has 0 amide bonds. The third-order valence-electron chi connectivity index (χ3n) is 4.16. The molecular formula is C17H27NO. The minimum absolute atomic E-state index is 0.482. The Morgan fingerprint density at radius 1 is 1.32 bits per heavy atom. The van der Waals surface area contributed by atoms with Crippen LogP contribution in [0.1, 0.15) is 51.6 Å². The zero-order chi connectivity index (χ0) is 13.7. The van der Waals surface area contributed by atoms with Crippen molar-refractivity contribution in [1.82, 2.24) is 5.32 Å². The van der Waals surface area contributed by atoms with Gasteiger partial charge in [-0.3, -0.25) is 0 Å². The molecule has 1 N–H and O–H groups in total. The maximum Gasteiger partial charge on any atom is 0.119 e. The molecule has 2 heteroatoms. The normalized spacial score (nSPS) is 24.4. The molecule has 1 aromatic rings. The molecule has 2 nitrogen and oxygen atoms in total. The summed E-state index contributed by atoms with van der Waals surface area (Å²) in [6, 6.07) is 9.09. The maximum absolute atomic E-state index is 5.63. The van der Waals surface area contributed by atoms with E-state index < -0.39 is 0 Å². The number of ether oxygens (including phenoxy) is 1. The van der Waals surface area contributed by atoms with Crippen LogP contribution < -0.4 is 10.1 Å². The largest absolute Gasteiger partial charge is 0.494 e. The lowest BCUT2D eigenvalue weighted by Gasteiger charge is -2.25. The highest BCUT2D eigenvalue weighted by Gasteiger charge is 2.29. The van der Waals surface area contributed by atoms with E-state index in [1.165, 1.54) is 24.8 Å². The second kappa shape index (κ2) is 6.95. The summed E-state index contributed by atoms with van der Waals surface area (Å²) in [4.78, 5) is 0. The Morgan fingerprint density at radius 3 is 2.79 bits per heavy atom. The zero-order valence-electron chi connectivity index (χ0n) is 12.5. The van der Waals surface area contributed by atoms with Crippen LogP contribution in [0.2, 0.25) is 0 Å². The van der Waals surface area contributed by atoms with E-state index in [1.807, 2.05) is 13.0 Å². The third kappa shape index (κ3) is 3.73. The second-order valence-electron chi connectivity index (χ2n) is 5.72. The lowest BCUT2D eigenvalue weighted by molar-refractivity contribution is 0.335. The quantitative estimate of drug-likeness (QED) is 0.829. The predicted octanol–water partition coefficient (Wildman–Crippen LogP) is 4.17. The average molecular weight is 261 g/mol. The Hall–Kier alpha value is -1.02. The molecule has 0 spiro atoms. The zero-order valence-corrected chi connectivity index (χ0v) is 12.5. The van der Waals surface area contributed by atoms with Crippen LogP contribution in [0.5, 0.6) is 5.75 Å². The highest BCUT2D eigenvalue weighted by molar-refractivity contribution is 5.31. The van der Waals surface area contributed by atoms with Crippen LogP contribution in [0.25, 0.3) is 0 Å². The van der Waals surface area contributed by atoms with Gasteiger partial charge in [0.1, 0.15) is 5.75 Å². The summed E-state index contributed by atoms with van der Waals surface area (Å²) in [5.41, 5.74) is 1.38. The summed E-state index contributed by atoms with van der Waals surface area (Å²) in [5.74, 6) is 2.64. The first-order valence-electron chi connectivity index (χ1n) is 7.70. The summed E-state index contributed by atoms with van der Waals surface area (Å²) in [7, 11) is 0. The molecule has 0 radical (unpaired) electrons. The number of benzene rings is 1. The van der Waals surface area contributed by atoms with E-state index in [0.29, 0.717) is 6.04 Å². The molecule has 1 aliphatic rings. The van der Waals surface area contributed by atoms with E-state index in [0.717, 1.165) is 30.7 Å². The van der Waals surface area contributed by atoms with Crippen molar-refractivity contribution in [2.24, 2.45) is 11.8 Å². The molecule has 3 atom stereocenters. The van der Waals surface area contributed by atoms with Gasteiger partial charge in [-0.25, -0.2) is 0 Å². The Balaban J connectivity index is 2.15. The Bertz CT molecular complexity index is 391. The van der Waals surface area contributed by atoms with E-state index in [9.17, 15) is 0 Å². The van der Waals surface area contributed by atoms with Crippen molar-refractivity contribution in [3.05, 3.63) is 29.8 Å². The SMILES string of the molecule is CCNC(c1cccc(OCC)c1)C1CCC(C)C1. The van der Waals surface area contributed by atoms with Crippen molar-refractivity contribution >= 4 is 0 Å². The van der Waals surface area contributed by atoms with Crippen molar-refractivity contribution in [1.29, 1.82) is 0 Å². The minimum atomic E-state index is 0.482. The molecule has 0 aromatic heterocycles. The first-order chi connectivity index (χ1) is 9.24. The molecule has 0 aliphatic heterocycles. The average Bonchev–Trinajstić information content (AvgIpc) is 2.83. The molecule has 106 valence electrons. The van der Waals surface area contributed by atoms with Gasteiger partial charge in [-0.1, -0.05) is 32.4 Å². The van der Waals surface area contributed by atoms with Gasteiger partial charge in [-0.2, -0.15) is 0 Å². The molecule has 1 aromatic carbocycles. The van der Waals surface area contributed by atoms with E-state index in [1.54, 1.807) is 0 Å². The molecule has 1 fully saturated rings. The van der Waals surface area contributed by atoms with Gasteiger partial charge < -0.3 is 10.1 Å². The van der Waals surface area contributed by atoms with Crippen LogP contribution in [-0.2, 0) is 0 Å². The first-order valence-corrected chi connectivity index (χ1v) is 7.70. The van der Waals surface area contributed by atoms with Gasteiger partial charge >= 0.3 is 0 Å². The van der Waals surface area contributed by atoms with Crippen LogP contribution in [0.4, 0.5) is 0 Å². The van der Waals surface area contributed by atoms with Crippen molar-refractivity contribution in [2.45, 2.75) is 46.1 Å². The van der Waals surface area contributed by atoms with Gasteiger partial charge in [0.15, 0.2) is 0 Å². The summed E-state index contributed by atoms with van der Waals surface area (Å²) in [6.07, 6.45) is 4.06. The molecular weight excluding hydrogens is 234 g/mol. The Labute approximate surface area is 117 Å². The van der Waals surface area contributed by atoms with Crippen LogP contribution >= 0.6 is 0 Å². The summed E-state index contributed by atoms with van der Waals surface area (Å²) >= 11 is 0. The standard InChI is InChI=1S/C17H27NO/c1-4-18-17(15-10-9-13(3)11-15)14-7-6-8-16(12-14)19-5-2/h6-8,12-13,15,17-18H,4-5,9-11H2,1-3H3. The molecule has 19 heavy (non-hydrogen) atoms.